The second-order valence-electron chi connectivity index (χ2n) is 15.0. The Kier molecular flexibility index (Phi) is 8.34. The van der Waals surface area contributed by atoms with Gasteiger partial charge in [-0.1, -0.05) is 164 Å². The monoisotopic (exact) mass is 760 g/mol. The third kappa shape index (κ3) is 5.58. The Morgan fingerprint density at radius 1 is 0.397 bits per heavy atom. The number of para-hydroxylation sites is 3. The number of aromatic amines is 1. The number of anilines is 3. The molecule has 58 heavy (non-hydrogen) atoms. The summed E-state index contributed by atoms with van der Waals surface area (Å²) < 4.78 is 0. The number of aryl methyl sites for hydroxylation is 1. The van der Waals surface area contributed by atoms with Gasteiger partial charge in [0.2, 0.25) is 0 Å². The predicted octanol–water partition coefficient (Wildman–Crippen LogP) is 15.6. The molecule has 0 radical (unpaired) electrons. The zero-order valence-electron chi connectivity index (χ0n) is 32.1. The van der Waals surface area contributed by atoms with Crippen molar-refractivity contribution in [1.29, 1.82) is 0 Å². The minimum atomic E-state index is -0.813. The van der Waals surface area contributed by atoms with Gasteiger partial charge >= 0.3 is 0 Å². The van der Waals surface area contributed by atoms with E-state index in [1.807, 2.05) is 0 Å². The van der Waals surface area contributed by atoms with Crippen LogP contribution in [0.1, 0.15) is 5.56 Å². The van der Waals surface area contributed by atoms with Crippen LogP contribution in [0.3, 0.4) is 0 Å². The molecule has 276 valence electrons. The average Bonchev–Trinajstić information content (AvgIpc) is 3.83. The number of fused-ring (bicyclic) bond motifs is 6. The third-order valence-corrected chi connectivity index (χ3v) is 14.3. The Morgan fingerprint density at radius 3 is 1.78 bits per heavy atom. The fourth-order valence-corrected chi connectivity index (χ4v) is 11.8. The smallest absolute Gasteiger partial charge is 0.0592 e. The summed E-state index contributed by atoms with van der Waals surface area (Å²) in [6.45, 7) is 2.23. The fraction of sp³-hybridized carbons (Fsp3) is 0.0182. The molecule has 11 rings (SSSR count). The van der Waals surface area contributed by atoms with Gasteiger partial charge in [0.25, 0.3) is 0 Å². The number of hydrogen-bond acceptors (Lipinski definition) is 1. The molecule has 1 atom stereocenters. The maximum Gasteiger partial charge on any atom is 0.0592 e. The third-order valence-electron chi connectivity index (χ3n) is 11.7. The number of thiol groups is 1. The summed E-state index contributed by atoms with van der Waals surface area (Å²) in [6, 6.07) is 77.9. The minimum Gasteiger partial charge on any atom is -0.354 e. The SMILES string of the molecule is Cc1ccccc1N(c1ccc2c(c1)-c1ccccc1[SH]2c1cccc2c1[nH]c1ccccc12)c1cccc(-c2ccccc2)c1-c1ccccc1-c1ccccc1. The summed E-state index contributed by atoms with van der Waals surface area (Å²) >= 11 is 0. The molecule has 2 nitrogen and oxygen atoms in total. The molecule has 1 N–H and O–H groups in total. The van der Waals surface area contributed by atoms with Crippen molar-refractivity contribution in [3.05, 3.63) is 218 Å². The van der Waals surface area contributed by atoms with Gasteiger partial charge in [-0.25, -0.2) is 0 Å². The van der Waals surface area contributed by atoms with Crippen LogP contribution in [0.5, 0.6) is 0 Å². The molecule has 0 amide bonds. The molecule has 0 saturated carbocycles. The van der Waals surface area contributed by atoms with Crippen molar-refractivity contribution in [3.63, 3.8) is 0 Å². The number of H-pyrrole nitrogens is 1. The normalized spacial score (nSPS) is 13.7. The van der Waals surface area contributed by atoms with Crippen LogP contribution < -0.4 is 4.90 Å². The van der Waals surface area contributed by atoms with Crippen LogP contribution in [0.4, 0.5) is 17.1 Å². The minimum absolute atomic E-state index is 0.813. The summed E-state index contributed by atoms with van der Waals surface area (Å²) in [5.74, 6) is 0. The molecule has 0 aliphatic carbocycles. The van der Waals surface area contributed by atoms with Crippen LogP contribution in [0.25, 0.3) is 66.3 Å². The second-order valence-corrected chi connectivity index (χ2v) is 17.1. The van der Waals surface area contributed by atoms with Gasteiger partial charge in [0.1, 0.15) is 0 Å². The Labute approximate surface area is 342 Å². The van der Waals surface area contributed by atoms with E-state index in [0.29, 0.717) is 0 Å². The van der Waals surface area contributed by atoms with Crippen molar-refractivity contribution in [3.8, 4) is 44.5 Å². The van der Waals surface area contributed by atoms with E-state index in [1.165, 1.54) is 86.6 Å². The first-order valence-electron chi connectivity index (χ1n) is 19.9. The standard InChI is InChI=1S/C55H40N2S/c1-37-18-8-14-30-49(37)57(50-31-16-27-42(39-21-6-3-7-22-39)54(50)45-26-10-9-23-41(45)38-19-4-2-5-20-38)40-34-35-52-47(36-40)44-25-12-15-32-51(44)58(52)53-33-17-28-46-43-24-11-13-29-48(43)56-55(46)53/h2-36,56,58H,1H3. The van der Waals surface area contributed by atoms with Crippen LogP contribution in [0, 0.1) is 6.92 Å². The number of benzene rings is 9. The van der Waals surface area contributed by atoms with Gasteiger partial charge in [0.05, 0.1) is 11.2 Å². The van der Waals surface area contributed by atoms with E-state index in [2.05, 4.69) is 229 Å². The van der Waals surface area contributed by atoms with Crippen molar-refractivity contribution >= 4 is 49.8 Å². The van der Waals surface area contributed by atoms with E-state index in [4.69, 9.17) is 0 Å². The van der Waals surface area contributed by atoms with E-state index >= 15 is 0 Å². The number of nitrogens with one attached hydrogen (secondary N) is 1. The van der Waals surface area contributed by atoms with Crippen molar-refractivity contribution < 1.29 is 0 Å². The second kappa shape index (κ2) is 14.1. The van der Waals surface area contributed by atoms with Crippen molar-refractivity contribution in [2.24, 2.45) is 0 Å². The van der Waals surface area contributed by atoms with Crippen LogP contribution in [-0.2, 0) is 0 Å². The van der Waals surface area contributed by atoms with E-state index in [-0.39, 0.29) is 0 Å². The van der Waals surface area contributed by atoms with Gasteiger partial charge in [-0.05, 0) is 100.0 Å². The first-order chi connectivity index (χ1) is 28.7. The molecule has 10 aromatic rings. The molecular weight excluding hydrogens is 721 g/mol. The Bertz CT molecular complexity index is 3150. The molecule has 9 aromatic carbocycles. The van der Waals surface area contributed by atoms with Gasteiger partial charge in [-0.15, -0.1) is 0 Å². The molecule has 3 heteroatoms. The van der Waals surface area contributed by atoms with Gasteiger partial charge in [-0.2, -0.15) is 10.9 Å². The first kappa shape index (κ1) is 34.2. The molecule has 0 bridgehead atoms. The van der Waals surface area contributed by atoms with Crippen molar-refractivity contribution in [2.75, 3.05) is 4.90 Å². The zero-order chi connectivity index (χ0) is 38.6. The topological polar surface area (TPSA) is 19.0 Å². The molecule has 0 spiro atoms. The summed E-state index contributed by atoms with van der Waals surface area (Å²) in [7, 11) is -0.813. The Balaban J connectivity index is 1.16. The zero-order valence-corrected chi connectivity index (χ0v) is 33.0. The van der Waals surface area contributed by atoms with E-state index in [1.54, 1.807) is 0 Å². The van der Waals surface area contributed by atoms with Gasteiger partial charge in [-0.3, -0.25) is 0 Å². The average molecular weight is 761 g/mol. The number of hydrogen-bond donors (Lipinski definition) is 2. The first-order valence-corrected chi connectivity index (χ1v) is 21.3. The molecule has 1 aliphatic heterocycles. The Morgan fingerprint density at radius 2 is 0.966 bits per heavy atom. The lowest BCUT2D eigenvalue weighted by atomic mass is 9.87. The lowest BCUT2D eigenvalue weighted by Crippen LogP contribution is -2.13. The highest BCUT2D eigenvalue weighted by Gasteiger charge is 2.31. The molecule has 0 fully saturated rings. The maximum absolute atomic E-state index is 3.83. The Hall–Kier alpha value is -7.07. The molecule has 2 heterocycles. The summed E-state index contributed by atoms with van der Waals surface area (Å²) in [5.41, 5.74) is 16.9. The van der Waals surface area contributed by atoms with Gasteiger partial charge in [0, 0.05) is 47.9 Å². The molecule has 1 aliphatic rings. The molecular formula is C55H40N2S. The van der Waals surface area contributed by atoms with Crippen LogP contribution in [0.15, 0.2) is 227 Å². The van der Waals surface area contributed by atoms with Crippen LogP contribution >= 0.6 is 10.9 Å². The number of nitrogens with zero attached hydrogens (tertiary/aromatic N) is 1. The highest BCUT2D eigenvalue weighted by molar-refractivity contribution is 8.17. The summed E-state index contributed by atoms with van der Waals surface area (Å²) in [4.78, 5) is 10.5. The van der Waals surface area contributed by atoms with E-state index in [9.17, 15) is 0 Å². The van der Waals surface area contributed by atoms with Crippen molar-refractivity contribution in [2.45, 2.75) is 21.6 Å². The predicted molar refractivity (Wildman–Crippen MR) is 247 cm³/mol. The van der Waals surface area contributed by atoms with Crippen LogP contribution in [0.2, 0.25) is 0 Å². The molecule has 1 aromatic heterocycles. The number of rotatable bonds is 7. The summed E-state index contributed by atoms with van der Waals surface area (Å²) in [6.07, 6.45) is 0. The quantitative estimate of drug-likeness (QED) is 0.155. The summed E-state index contributed by atoms with van der Waals surface area (Å²) in [5, 5.41) is 2.55. The maximum atomic E-state index is 3.83. The molecule has 1 unspecified atom stereocenters. The van der Waals surface area contributed by atoms with Crippen LogP contribution in [-0.4, -0.2) is 4.98 Å². The fourth-order valence-electron chi connectivity index (χ4n) is 9.06. The highest BCUT2D eigenvalue weighted by atomic mass is 32.2. The largest absolute Gasteiger partial charge is 0.354 e. The highest BCUT2D eigenvalue weighted by Crippen LogP contribution is 2.64. The molecule has 0 saturated heterocycles. The lowest BCUT2D eigenvalue weighted by Gasteiger charge is -2.31. The number of aromatic nitrogens is 1. The van der Waals surface area contributed by atoms with E-state index in [0.717, 1.165) is 17.1 Å². The lowest BCUT2D eigenvalue weighted by molar-refractivity contribution is 1.24. The van der Waals surface area contributed by atoms with Crippen molar-refractivity contribution in [1.82, 2.24) is 4.98 Å². The van der Waals surface area contributed by atoms with E-state index < -0.39 is 10.9 Å². The van der Waals surface area contributed by atoms with Gasteiger partial charge < -0.3 is 9.88 Å². The van der Waals surface area contributed by atoms with Gasteiger partial charge in [0.15, 0.2) is 0 Å².